The van der Waals surface area contributed by atoms with Gasteiger partial charge in [-0.3, -0.25) is 0 Å². The van der Waals surface area contributed by atoms with Crippen LogP contribution in [-0.2, 0) is 19.3 Å². The molecule has 0 bridgehead atoms. The summed E-state index contributed by atoms with van der Waals surface area (Å²) in [6.07, 6.45) is 10.2. The van der Waals surface area contributed by atoms with Crippen LogP contribution in [0, 0.1) is 0 Å². The van der Waals surface area contributed by atoms with Gasteiger partial charge in [0.15, 0.2) is 0 Å². The largest absolute Gasteiger partial charge is 0.336 e. The van der Waals surface area contributed by atoms with Crippen molar-refractivity contribution in [2.24, 2.45) is 0 Å². The lowest BCUT2D eigenvalue weighted by Gasteiger charge is -2.17. The summed E-state index contributed by atoms with van der Waals surface area (Å²) in [6, 6.07) is 0. The van der Waals surface area contributed by atoms with Crippen LogP contribution in [0.4, 0.5) is 0 Å². The standard InChI is InChI=1S/C19H31N3O3Si/c1-5-9-11-16(12-10-6-2)26-15-22-18(24)20(13-7-3)17(23)21(14-8-4)19(22)25/h7-8,16H,3-6,9-15H2,1-2H3. The monoisotopic (exact) mass is 377 g/mol. The van der Waals surface area contributed by atoms with E-state index < -0.39 is 17.1 Å². The van der Waals surface area contributed by atoms with Crippen molar-refractivity contribution in [1.82, 2.24) is 13.7 Å². The molecular weight excluding hydrogens is 346 g/mol. The van der Waals surface area contributed by atoms with Crippen molar-refractivity contribution in [3.8, 4) is 0 Å². The second-order valence-electron chi connectivity index (χ2n) is 6.42. The van der Waals surface area contributed by atoms with Gasteiger partial charge in [-0.25, -0.2) is 28.1 Å². The van der Waals surface area contributed by atoms with Gasteiger partial charge in [-0.05, 0) is 5.54 Å². The Morgan fingerprint density at radius 3 is 1.65 bits per heavy atom. The number of nitrogens with zero attached hydrogens (tertiary/aromatic N) is 3. The van der Waals surface area contributed by atoms with Gasteiger partial charge in [-0.15, -0.1) is 13.2 Å². The first kappa shape index (κ1) is 22.1. The first-order chi connectivity index (χ1) is 12.5. The summed E-state index contributed by atoms with van der Waals surface area (Å²) in [5.41, 5.74) is -1.17. The topological polar surface area (TPSA) is 66.0 Å². The zero-order valence-electron chi connectivity index (χ0n) is 16.1. The van der Waals surface area contributed by atoms with Crippen LogP contribution < -0.4 is 17.1 Å². The fourth-order valence-corrected chi connectivity index (χ4v) is 4.39. The number of hydrogen-bond acceptors (Lipinski definition) is 3. The fourth-order valence-electron chi connectivity index (χ4n) is 2.86. The zero-order valence-corrected chi connectivity index (χ0v) is 17.1. The molecule has 0 aromatic carbocycles. The Morgan fingerprint density at radius 1 is 0.846 bits per heavy atom. The molecule has 0 atom stereocenters. The highest BCUT2D eigenvalue weighted by atomic mass is 28.2. The highest BCUT2D eigenvalue weighted by Gasteiger charge is 2.16. The Bertz CT molecular complexity index is 705. The second-order valence-corrected chi connectivity index (χ2v) is 7.96. The maximum atomic E-state index is 12.6. The Morgan fingerprint density at radius 2 is 1.27 bits per heavy atom. The first-order valence-corrected chi connectivity index (χ1v) is 10.7. The van der Waals surface area contributed by atoms with E-state index in [1.165, 1.54) is 16.7 Å². The highest BCUT2D eigenvalue weighted by Crippen LogP contribution is 2.21. The van der Waals surface area contributed by atoms with E-state index in [2.05, 4.69) is 27.0 Å². The summed E-state index contributed by atoms with van der Waals surface area (Å²) >= 11 is 0. The second kappa shape index (κ2) is 11.7. The van der Waals surface area contributed by atoms with E-state index in [-0.39, 0.29) is 13.1 Å². The fraction of sp³-hybridized carbons (Fsp3) is 0.632. The molecule has 0 unspecified atom stereocenters. The number of allylic oxidation sites excluding steroid dienone is 2. The molecule has 1 rings (SSSR count). The molecule has 0 saturated carbocycles. The molecule has 0 aliphatic heterocycles. The molecule has 1 heterocycles. The molecule has 2 radical (unpaired) electrons. The maximum Gasteiger partial charge on any atom is 0.336 e. The zero-order chi connectivity index (χ0) is 19.5. The van der Waals surface area contributed by atoms with Crippen LogP contribution in [0.3, 0.4) is 0 Å². The third kappa shape index (κ3) is 5.83. The average Bonchev–Trinajstić information content (AvgIpc) is 2.63. The van der Waals surface area contributed by atoms with Crippen molar-refractivity contribution >= 4 is 9.52 Å². The van der Waals surface area contributed by atoms with E-state index in [9.17, 15) is 14.4 Å². The lowest BCUT2D eigenvalue weighted by Crippen LogP contribution is -2.54. The minimum atomic E-state index is -0.604. The maximum absolute atomic E-state index is 12.6. The van der Waals surface area contributed by atoms with Gasteiger partial charge in [0.05, 0.1) is 22.6 Å². The minimum absolute atomic E-state index is 0.0906. The molecule has 0 amide bonds. The van der Waals surface area contributed by atoms with Crippen LogP contribution in [0.15, 0.2) is 39.7 Å². The van der Waals surface area contributed by atoms with Gasteiger partial charge < -0.3 is 0 Å². The molecule has 0 N–H and O–H groups in total. The van der Waals surface area contributed by atoms with Gasteiger partial charge in [-0.2, -0.15) is 0 Å². The minimum Gasteiger partial charge on any atom is -0.248 e. The summed E-state index contributed by atoms with van der Waals surface area (Å²) in [5, 5.41) is 0. The lowest BCUT2D eigenvalue weighted by molar-refractivity contribution is 0.506. The first-order valence-electron chi connectivity index (χ1n) is 9.41. The normalized spacial score (nSPS) is 11.0. The molecule has 144 valence electrons. The van der Waals surface area contributed by atoms with Gasteiger partial charge in [0.25, 0.3) is 0 Å². The Kier molecular flexibility index (Phi) is 9.94. The molecule has 26 heavy (non-hydrogen) atoms. The molecule has 0 spiro atoms. The summed E-state index contributed by atoms with van der Waals surface area (Å²) in [4.78, 5) is 37.7. The molecular formula is C19H31N3O3Si. The predicted octanol–water partition coefficient (Wildman–Crippen LogP) is 2.37. The summed E-state index contributed by atoms with van der Waals surface area (Å²) < 4.78 is 3.34. The number of aromatic nitrogens is 3. The Labute approximate surface area is 157 Å². The van der Waals surface area contributed by atoms with E-state index >= 15 is 0 Å². The third-order valence-electron chi connectivity index (χ3n) is 4.36. The molecule has 1 aromatic heterocycles. The van der Waals surface area contributed by atoms with E-state index in [4.69, 9.17) is 0 Å². The highest BCUT2D eigenvalue weighted by molar-refractivity contribution is 6.36. The van der Waals surface area contributed by atoms with Crippen LogP contribution in [0.2, 0.25) is 5.54 Å². The van der Waals surface area contributed by atoms with Crippen LogP contribution in [-0.4, -0.2) is 23.2 Å². The van der Waals surface area contributed by atoms with Gasteiger partial charge in [0.2, 0.25) is 0 Å². The van der Waals surface area contributed by atoms with Crippen LogP contribution >= 0.6 is 0 Å². The molecule has 1 aromatic rings. The number of rotatable bonds is 13. The van der Waals surface area contributed by atoms with Gasteiger partial charge >= 0.3 is 17.1 Å². The van der Waals surface area contributed by atoms with Gasteiger partial charge in [0.1, 0.15) is 0 Å². The van der Waals surface area contributed by atoms with Crippen molar-refractivity contribution < 1.29 is 0 Å². The Balaban J connectivity index is 3.18. The van der Waals surface area contributed by atoms with Crippen LogP contribution in [0.25, 0.3) is 0 Å². The third-order valence-corrected chi connectivity index (χ3v) is 6.01. The van der Waals surface area contributed by atoms with Gasteiger partial charge in [0, 0.05) is 6.17 Å². The number of unbranched alkanes of at least 4 members (excludes halogenated alkanes) is 2. The van der Waals surface area contributed by atoms with Crippen molar-refractivity contribution in [2.75, 3.05) is 0 Å². The van der Waals surface area contributed by atoms with E-state index in [0.717, 1.165) is 47.7 Å². The SMILES string of the molecule is C=CCn1c(=O)n(CC=C)c(=O)n(C[Si]C(CCCC)CCCC)c1=O. The molecule has 0 fully saturated rings. The number of hydrogen-bond donors (Lipinski definition) is 0. The van der Waals surface area contributed by atoms with Gasteiger partial charge in [-0.1, -0.05) is 64.5 Å². The quantitative estimate of drug-likeness (QED) is 0.391. The van der Waals surface area contributed by atoms with E-state index in [1.807, 2.05) is 0 Å². The van der Waals surface area contributed by atoms with Crippen molar-refractivity contribution in [3.63, 3.8) is 0 Å². The summed E-state index contributed by atoms with van der Waals surface area (Å²) in [6.45, 7) is 11.7. The molecule has 0 aliphatic carbocycles. The van der Waals surface area contributed by atoms with Crippen molar-refractivity contribution in [1.29, 1.82) is 0 Å². The summed E-state index contributed by atoms with van der Waals surface area (Å²) in [5.74, 6) is 0. The molecule has 7 heteroatoms. The average molecular weight is 378 g/mol. The van der Waals surface area contributed by atoms with Crippen molar-refractivity contribution in [2.45, 2.75) is 77.2 Å². The van der Waals surface area contributed by atoms with E-state index in [0.29, 0.717) is 21.2 Å². The van der Waals surface area contributed by atoms with E-state index in [1.54, 1.807) is 0 Å². The van der Waals surface area contributed by atoms with Crippen molar-refractivity contribution in [3.05, 3.63) is 56.8 Å². The van der Waals surface area contributed by atoms with Crippen LogP contribution in [0.5, 0.6) is 0 Å². The molecule has 0 aliphatic rings. The van der Waals surface area contributed by atoms with Crippen LogP contribution in [0.1, 0.15) is 52.4 Å². The smallest absolute Gasteiger partial charge is 0.248 e. The summed E-state index contributed by atoms with van der Waals surface area (Å²) in [7, 11) is 0.489. The molecule has 6 nitrogen and oxygen atoms in total. The predicted molar refractivity (Wildman–Crippen MR) is 108 cm³/mol. The lowest BCUT2D eigenvalue weighted by atomic mass is 10.1. The Hall–Kier alpha value is -1.89. The molecule has 0 saturated heterocycles.